The summed E-state index contributed by atoms with van der Waals surface area (Å²) in [5, 5.41) is 0. The molecule has 0 saturated heterocycles. The Morgan fingerprint density at radius 1 is 1.53 bits per heavy atom. The van der Waals surface area contributed by atoms with E-state index in [1.54, 1.807) is 0 Å². The van der Waals surface area contributed by atoms with Gasteiger partial charge in [0, 0.05) is 12.7 Å². The summed E-state index contributed by atoms with van der Waals surface area (Å²) in [6.45, 7) is 1.48. The van der Waals surface area contributed by atoms with Gasteiger partial charge in [-0.3, -0.25) is 5.84 Å². The van der Waals surface area contributed by atoms with Gasteiger partial charge in [0.05, 0.1) is 13.3 Å². The molecule has 4 nitrogen and oxygen atoms in total. The number of hydrazine groups is 1. The predicted octanol–water partition coefficient (Wildman–Crippen LogP) is 0.869. The van der Waals surface area contributed by atoms with Gasteiger partial charge in [0.1, 0.15) is 5.75 Å². The minimum atomic E-state index is 0.639. The van der Waals surface area contributed by atoms with Gasteiger partial charge < -0.3 is 9.64 Å². The molecule has 1 heterocycles. The number of rotatable bonds is 3. The first kappa shape index (κ1) is 10.3. The van der Waals surface area contributed by atoms with Gasteiger partial charge in [0.25, 0.3) is 0 Å². The van der Waals surface area contributed by atoms with E-state index in [2.05, 4.69) is 22.5 Å². The minimum Gasteiger partial charge on any atom is -0.493 e. The topological polar surface area (TPSA) is 50.5 Å². The lowest BCUT2D eigenvalue weighted by atomic mass is 10.1. The van der Waals surface area contributed by atoms with Crippen LogP contribution in [-0.4, -0.2) is 20.3 Å². The molecular formula is C11H17N3O. The third-order valence-corrected chi connectivity index (χ3v) is 2.66. The van der Waals surface area contributed by atoms with Crippen molar-refractivity contribution in [1.29, 1.82) is 0 Å². The van der Waals surface area contributed by atoms with Gasteiger partial charge in [-0.05, 0) is 36.6 Å². The van der Waals surface area contributed by atoms with Crippen LogP contribution < -0.4 is 20.9 Å². The maximum Gasteiger partial charge on any atom is 0.122 e. The average Bonchev–Trinajstić information content (AvgIpc) is 2.29. The standard InChI is InChI=1S/C11H17N3O/c1-14(8-13-12)10-4-5-11-9(7-10)3-2-6-15-11/h4-5,7,13H,2-3,6,8,12H2,1H3. The summed E-state index contributed by atoms with van der Waals surface area (Å²) in [5.74, 6) is 6.32. The van der Waals surface area contributed by atoms with E-state index < -0.39 is 0 Å². The fourth-order valence-electron chi connectivity index (χ4n) is 1.81. The van der Waals surface area contributed by atoms with Gasteiger partial charge in [0.15, 0.2) is 0 Å². The summed E-state index contributed by atoms with van der Waals surface area (Å²) >= 11 is 0. The van der Waals surface area contributed by atoms with E-state index in [0.717, 1.165) is 30.9 Å². The molecule has 0 saturated carbocycles. The van der Waals surface area contributed by atoms with Crippen LogP contribution in [0.1, 0.15) is 12.0 Å². The predicted molar refractivity (Wildman–Crippen MR) is 60.9 cm³/mol. The normalized spacial score (nSPS) is 14.3. The molecule has 0 fully saturated rings. The first-order valence-electron chi connectivity index (χ1n) is 5.21. The van der Waals surface area contributed by atoms with E-state index >= 15 is 0 Å². The second-order valence-corrected chi connectivity index (χ2v) is 3.80. The number of nitrogens with zero attached hydrogens (tertiary/aromatic N) is 1. The Balaban J connectivity index is 2.20. The zero-order valence-electron chi connectivity index (χ0n) is 8.99. The zero-order chi connectivity index (χ0) is 10.7. The van der Waals surface area contributed by atoms with Crippen LogP contribution in [0.15, 0.2) is 18.2 Å². The largest absolute Gasteiger partial charge is 0.493 e. The molecule has 3 N–H and O–H groups in total. The molecule has 0 bridgehead atoms. The van der Waals surface area contributed by atoms with Crippen LogP contribution in [0.5, 0.6) is 5.75 Å². The van der Waals surface area contributed by atoms with Crippen LogP contribution in [0, 0.1) is 0 Å². The van der Waals surface area contributed by atoms with Gasteiger partial charge in [-0.25, -0.2) is 5.43 Å². The Labute approximate surface area is 90.0 Å². The van der Waals surface area contributed by atoms with Crippen molar-refractivity contribution in [2.24, 2.45) is 5.84 Å². The van der Waals surface area contributed by atoms with Crippen molar-refractivity contribution in [2.75, 3.05) is 25.2 Å². The second-order valence-electron chi connectivity index (χ2n) is 3.80. The molecule has 1 aliphatic rings. The van der Waals surface area contributed by atoms with Crippen LogP contribution in [0.3, 0.4) is 0 Å². The molecular weight excluding hydrogens is 190 g/mol. The molecule has 2 rings (SSSR count). The van der Waals surface area contributed by atoms with Crippen molar-refractivity contribution >= 4 is 5.69 Å². The van der Waals surface area contributed by atoms with Crippen LogP contribution >= 0.6 is 0 Å². The quantitative estimate of drug-likeness (QED) is 0.438. The fourth-order valence-corrected chi connectivity index (χ4v) is 1.81. The smallest absolute Gasteiger partial charge is 0.122 e. The Morgan fingerprint density at radius 2 is 2.40 bits per heavy atom. The van der Waals surface area contributed by atoms with E-state index in [4.69, 9.17) is 10.6 Å². The zero-order valence-corrected chi connectivity index (χ0v) is 8.99. The highest BCUT2D eigenvalue weighted by Crippen LogP contribution is 2.28. The Morgan fingerprint density at radius 3 is 3.20 bits per heavy atom. The van der Waals surface area contributed by atoms with E-state index in [1.807, 2.05) is 13.1 Å². The molecule has 1 aliphatic heterocycles. The van der Waals surface area contributed by atoms with Gasteiger partial charge in [-0.15, -0.1) is 0 Å². The van der Waals surface area contributed by atoms with Crippen molar-refractivity contribution in [3.8, 4) is 5.75 Å². The summed E-state index contributed by atoms with van der Waals surface area (Å²) in [7, 11) is 2.01. The summed E-state index contributed by atoms with van der Waals surface area (Å²) in [6, 6.07) is 6.27. The number of aryl methyl sites for hydroxylation is 1. The Bertz CT molecular complexity index is 341. The molecule has 4 heteroatoms. The summed E-state index contributed by atoms with van der Waals surface area (Å²) in [5.41, 5.74) is 5.10. The fraction of sp³-hybridized carbons (Fsp3) is 0.455. The first-order valence-corrected chi connectivity index (χ1v) is 5.21. The number of fused-ring (bicyclic) bond motifs is 1. The van der Waals surface area contributed by atoms with Crippen LogP contribution in [0.2, 0.25) is 0 Å². The monoisotopic (exact) mass is 207 g/mol. The van der Waals surface area contributed by atoms with Crippen LogP contribution in [-0.2, 0) is 6.42 Å². The maximum atomic E-state index is 5.56. The maximum absolute atomic E-state index is 5.56. The average molecular weight is 207 g/mol. The van der Waals surface area contributed by atoms with E-state index in [0.29, 0.717) is 6.67 Å². The molecule has 0 atom stereocenters. The number of anilines is 1. The lowest BCUT2D eigenvalue weighted by Gasteiger charge is -2.22. The van der Waals surface area contributed by atoms with Crippen molar-refractivity contribution in [3.63, 3.8) is 0 Å². The molecule has 1 aromatic carbocycles. The molecule has 1 aromatic rings. The third kappa shape index (κ3) is 2.22. The van der Waals surface area contributed by atoms with E-state index in [-0.39, 0.29) is 0 Å². The number of hydrogen-bond donors (Lipinski definition) is 2. The van der Waals surface area contributed by atoms with E-state index in [9.17, 15) is 0 Å². The molecule has 0 aliphatic carbocycles. The van der Waals surface area contributed by atoms with Crippen molar-refractivity contribution in [1.82, 2.24) is 5.43 Å². The molecule has 0 aromatic heterocycles. The van der Waals surface area contributed by atoms with Gasteiger partial charge in [0.2, 0.25) is 0 Å². The van der Waals surface area contributed by atoms with Crippen molar-refractivity contribution in [2.45, 2.75) is 12.8 Å². The molecule has 0 unspecified atom stereocenters. The van der Waals surface area contributed by atoms with Crippen molar-refractivity contribution in [3.05, 3.63) is 23.8 Å². The lowest BCUT2D eigenvalue weighted by molar-refractivity contribution is 0.288. The van der Waals surface area contributed by atoms with Gasteiger partial charge >= 0.3 is 0 Å². The molecule has 15 heavy (non-hydrogen) atoms. The highest BCUT2D eigenvalue weighted by Gasteiger charge is 2.11. The minimum absolute atomic E-state index is 0.639. The highest BCUT2D eigenvalue weighted by atomic mass is 16.5. The SMILES string of the molecule is CN(CNN)c1ccc2c(c1)CCCO2. The summed E-state index contributed by atoms with van der Waals surface area (Å²) < 4.78 is 5.56. The Hall–Kier alpha value is -1.26. The Kier molecular flexibility index (Phi) is 3.08. The molecule has 0 amide bonds. The number of nitrogens with two attached hydrogens (primary N) is 1. The van der Waals surface area contributed by atoms with Crippen LogP contribution in [0.4, 0.5) is 5.69 Å². The van der Waals surface area contributed by atoms with Crippen molar-refractivity contribution < 1.29 is 4.74 Å². The highest BCUT2D eigenvalue weighted by molar-refractivity contribution is 5.53. The number of hydrogen-bond acceptors (Lipinski definition) is 4. The molecule has 0 spiro atoms. The summed E-state index contributed by atoms with van der Waals surface area (Å²) in [4.78, 5) is 2.06. The van der Waals surface area contributed by atoms with Gasteiger partial charge in [-0.2, -0.15) is 0 Å². The number of ether oxygens (including phenoxy) is 1. The third-order valence-electron chi connectivity index (χ3n) is 2.66. The molecule has 82 valence electrons. The second kappa shape index (κ2) is 4.51. The first-order chi connectivity index (χ1) is 7.31. The summed E-state index contributed by atoms with van der Waals surface area (Å²) in [6.07, 6.45) is 2.21. The number of nitrogens with one attached hydrogen (secondary N) is 1. The molecule has 0 radical (unpaired) electrons. The van der Waals surface area contributed by atoms with Gasteiger partial charge in [-0.1, -0.05) is 0 Å². The number of benzene rings is 1. The van der Waals surface area contributed by atoms with E-state index in [1.165, 1.54) is 5.56 Å². The lowest BCUT2D eigenvalue weighted by Crippen LogP contribution is -2.35. The van der Waals surface area contributed by atoms with Crippen LogP contribution in [0.25, 0.3) is 0 Å².